The molecular formula is C9H14N4. The Kier molecular flexibility index (Phi) is 2.66. The van der Waals surface area contributed by atoms with Crippen molar-refractivity contribution in [1.29, 1.82) is 5.26 Å². The lowest BCUT2D eigenvalue weighted by Crippen LogP contribution is -2.09. The summed E-state index contributed by atoms with van der Waals surface area (Å²) in [7, 11) is 0. The molecule has 0 N–H and O–H groups in total. The number of nitriles is 1. The Labute approximate surface area is 78.2 Å². The van der Waals surface area contributed by atoms with Gasteiger partial charge in [-0.25, -0.2) is 4.68 Å². The fourth-order valence-corrected chi connectivity index (χ4v) is 1.30. The van der Waals surface area contributed by atoms with Crippen molar-refractivity contribution >= 4 is 0 Å². The van der Waals surface area contributed by atoms with E-state index in [4.69, 9.17) is 5.26 Å². The van der Waals surface area contributed by atoms with Crippen molar-refractivity contribution in [2.24, 2.45) is 0 Å². The highest BCUT2D eigenvalue weighted by Gasteiger charge is 2.17. The maximum absolute atomic E-state index is 8.80. The first-order valence-corrected chi connectivity index (χ1v) is 4.43. The van der Waals surface area contributed by atoms with Crippen LogP contribution >= 0.6 is 0 Å². The second kappa shape index (κ2) is 3.56. The van der Waals surface area contributed by atoms with Crippen LogP contribution in [0.2, 0.25) is 0 Å². The monoisotopic (exact) mass is 178 g/mol. The summed E-state index contributed by atoms with van der Waals surface area (Å²) in [5.41, 5.74) is 1.38. The summed E-state index contributed by atoms with van der Waals surface area (Å²) in [5, 5.41) is 16.6. The molecule has 13 heavy (non-hydrogen) atoms. The van der Waals surface area contributed by atoms with Crippen LogP contribution in [0, 0.1) is 11.3 Å². The first-order valence-electron chi connectivity index (χ1n) is 4.43. The van der Waals surface area contributed by atoms with Crippen molar-refractivity contribution in [1.82, 2.24) is 15.0 Å². The molecular weight excluding hydrogens is 164 g/mol. The zero-order valence-corrected chi connectivity index (χ0v) is 8.44. The van der Waals surface area contributed by atoms with Crippen molar-refractivity contribution in [3.63, 3.8) is 0 Å². The number of hydrogen-bond acceptors (Lipinski definition) is 3. The van der Waals surface area contributed by atoms with Gasteiger partial charge in [0.25, 0.3) is 0 Å². The van der Waals surface area contributed by atoms with Gasteiger partial charge in [-0.2, -0.15) is 5.26 Å². The molecule has 0 unspecified atom stereocenters. The van der Waals surface area contributed by atoms with E-state index in [0.717, 1.165) is 5.69 Å². The molecule has 0 bridgehead atoms. The van der Waals surface area contributed by atoms with Crippen LogP contribution in [0.4, 0.5) is 0 Å². The minimum Gasteiger partial charge on any atom is -0.245 e. The molecule has 1 heterocycles. The molecule has 1 rings (SSSR count). The van der Waals surface area contributed by atoms with Gasteiger partial charge < -0.3 is 0 Å². The third-order valence-electron chi connectivity index (χ3n) is 1.87. The highest BCUT2D eigenvalue weighted by Crippen LogP contribution is 2.19. The normalized spacial score (nSPS) is 10.8. The van der Waals surface area contributed by atoms with Gasteiger partial charge >= 0.3 is 0 Å². The van der Waals surface area contributed by atoms with Crippen molar-refractivity contribution in [3.8, 4) is 6.07 Å². The molecule has 0 aromatic carbocycles. The van der Waals surface area contributed by atoms with E-state index >= 15 is 0 Å². The van der Waals surface area contributed by atoms with Gasteiger partial charge in [0.2, 0.25) is 0 Å². The molecule has 1 aromatic rings. The number of rotatable bonds is 2. The molecule has 0 saturated carbocycles. The first-order chi connectivity index (χ1) is 6.07. The van der Waals surface area contributed by atoms with E-state index in [1.807, 2.05) is 32.4 Å². The Morgan fingerprint density at radius 2 is 1.92 bits per heavy atom. The topological polar surface area (TPSA) is 54.5 Å². The summed E-state index contributed by atoms with van der Waals surface area (Å²) in [6, 6.07) is 2.31. The van der Waals surface area contributed by atoms with Crippen LogP contribution in [0.5, 0.6) is 0 Å². The lowest BCUT2D eigenvalue weighted by Gasteiger charge is -2.11. The van der Waals surface area contributed by atoms with Gasteiger partial charge in [-0.3, -0.25) is 0 Å². The summed E-state index contributed by atoms with van der Waals surface area (Å²) in [4.78, 5) is 0. The van der Waals surface area contributed by atoms with E-state index in [-0.39, 0.29) is 12.0 Å². The zero-order valence-electron chi connectivity index (χ0n) is 8.44. The quantitative estimate of drug-likeness (QED) is 0.694. The molecule has 0 aliphatic rings. The Balaban J connectivity index is 3.24. The van der Waals surface area contributed by atoms with Crippen LogP contribution in [0.25, 0.3) is 0 Å². The van der Waals surface area contributed by atoms with Crippen LogP contribution in [0.1, 0.15) is 51.0 Å². The van der Waals surface area contributed by atoms with Crippen LogP contribution < -0.4 is 0 Å². The molecule has 0 aliphatic carbocycles. The van der Waals surface area contributed by atoms with Gasteiger partial charge in [0.15, 0.2) is 5.69 Å². The second-order valence-electron chi connectivity index (χ2n) is 3.63. The third kappa shape index (κ3) is 1.69. The van der Waals surface area contributed by atoms with Crippen LogP contribution in [0.3, 0.4) is 0 Å². The summed E-state index contributed by atoms with van der Waals surface area (Å²) >= 11 is 0. The van der Waals surface area contributed by atoms with Gasteiger partial charge in [-0.15, -0.1) is 5.10 Å². The van der Waals surface area contributed by atoms with Crippen LogP contribution in [0.15, 0.2) is 0 Å². The average molecular weight is 178 g/mol. The van der Waals surface area contributed by atoms with Crippen LogP contribution in [-0.2, 0) is 0 Å². The molecule has 4 heteroatoms. The molecule has 0 amide bonds. The fraction of sp³-hybridized carbons (Fsp3) is 0.667. The van der Waals surface area contributed by atoms with Gasteiger partial charge in [0.1, 0.15) is 6.07 Å². The number of hydrogen-bond donors (Lipinski definition) is 0. The maximum Gasteiger partial charge on any atom is 0.186 e. The average Bonchev–Trinajstić information content (AvgIpc) is 2.46. The summed E-state index contributed by atoms with van der Waals surface area (Å²) in [5.74, 6) is 0.284. The SMILES string of the molecule is CC(C)c1c(C#N)nnn1C(C)C. The van der Waals surface area contributed by atoms with Gasteiger partial charge in [0, 0.05) is 6.04 Å². The highest BCUT2D eigenvalue weighted by atomic mass is 15.4. The van der Waals surface area contributed by atoms with E-state index in [1.54, 1.807) is 0 Å². The van der Waals surface area contributed by atoms with Crippen molar-refractivity contribution in [3.05, 3.63) is 11.4 Å². The predicted molar refractivity (Wildman–Crippen MR) is 49.2 cm³/mol. The number of nitrogens with zero attached hydrogens (tertiary/aromatic N) is 4. The lowest BCUT2D eigenvalue weighted by molar-refractivity contribution is 0.484. The van der Waals surface area contributed by atoms with E-state index in [1.165, 1.54) is 0 Å². The largest absolute Gasteiger partial charge is 0.245 e. The first kappa shape index (κ1) is 9.72. The molecule has 0 saturated heterocycles. The smallest absolute Gasteiger partial charge is 0.186 e. The van der Waals surface area contributed by atoms with Gasteiger partial charge in [0.05, 0.1) is 5.69 Å². The minimum absolute atomic E-state index is 0.256. The summed E-state index contributed by atoms with van der Waals surface area (Å²) in [6.45, 7) is 8.14. The van der Waals surface area contributed by atoms with Crippen molar-refractivity contribution in [2.45, 2.75) is 39.7 Å². The lowest BCUT2D eigenvalue weighted by atomic mass is 10.1. The molecule has 0 spiro atoms. The minimum atomic E-state index is 0.256. The Hall–Kier alpha value is -1.37. The van der Waals surface area contributed by atoms with E-state index in [2.05, 4.69) is 16.4 Å². The van der Waals surface area contributed by atoms with Gasteiger partial charge in [-0.1, -0.05) is 19.1 Å². The molecule has 70 valence electrons. The second-order valence-corrected chi connectivity index (χ2v) is 3.63. The van der Waals surface area contributed by atoms with Gasteiger partial charge in [-0.05, 0) is 19.8 Å². The molecule has 0 aliphatic heterocycles. The Morgan fingerprint density at radius 1 is 1.31 bits per heavy atom. The third-order valence-corrected chi connectivity index (χ3v) is 1.87. The standard InChI is InChI=1S/C9H14N4/c1-6(2)9-8(5-10)11-12-13(9)7(3)4/h6-7H,1-4H3. The van der Waals surface area contributed by atoms with E-state index < -0.39 is 0 Å². The predicted octanol–water partition coefficient (Wildman–Crippen LogP) is 1.85. The van der Waals surface area contributed by atoms with E-state index in [0.29, 0.717) is 5.69 Å². The van der Waals surface area contributed by atoms with Crippen molar-refractivity contribution < 1.29 is 0 Å². The van der Waals surface area contributed by atoms with E-state index in [9.17, 15) is 0 Å². The molecule has 0 fully saturated rings. The summed E-state index contributed by atoms with van der Waals surface area (Å²) in [6.07, 6.45) is 0. The molecule has 1 aromatic heterocycles. The fourth-order valence-electron chi connectivity index (χ4n) is 1.30. The molecule has 4 nitrogen and oxygen atoms in total. The number of aromatic nitrogens is 3. The Morgan fingerprint density at radius 3 is 2.31 bits per heavy atom. The van der Waals surface area contributed by atoms with Crippen molar-refractivity contribution in [2.75, 3.05) is 0 Å². The Bertz CT molecular complexity index is 330. The zero-order chi connectivity index (χ0) is 10.0. The maximum atomic E-state index is 8.80. The summed E-state index contributed by atoms with van der Waals surface area (Å²) < 4.78 is 1.81. The molecule has 0 atom stereocenters. The molecule has 0 radical (unpaired) electrons. The van der Waals surface area contributed by atoms with Crippen LogP contribution in [-0.4, -0.2) is 15.0 Å². The highest BCUT2D eigenvalue weighted by molar-refractivity contribution is 5.27.